The molecule has 3 N–H and O–H groups in total. The van der Waals surface area contributed by atoms with Crippen molar-refractivity contribution in [2.75, 3.05) is 0 Å². The first-order valence-electron chi connectivity index (χ1n) is 4.34. The van der Waals surface area contributed by atoms with Gasteiger partial charge in [0, 0.05) is 17.5 Å². The van der Waals surface area contributed by atoms with Gasteiger partial charge in [-0.25, -0.2) is 4.79 Å². The van der Waals surface area contributed by atoms with Crippen LogP contribution in [0.1, 0.15) is 13.8 Å². The number of carboxylic acids is 1. The predicted molar refractivity (Wildman–Crippen MR) is 52.6 cm³/mol. The Balaban J connectivity index is 3.41. The van der Waals surface area contributed by atoms with Gasteiger partial charge in [0.05, 0.1) is 4.92 Å². The molecule has 0 saturated carbocycles. The molecule has 6 nitrogen and oxygen atoms in total. The zero-order valence-electron chi connectivity index (χ0n) is 8.43. The molecule has 0 aromatic heterocycles. The minimum absolute atomic E-state index is 0.248. The molecule has 0 spiro atoms. The Kier molecular flexibility index (Phi) is 2.63. The van der Waals surface area contributed by atoms with Gasteiger partial charge in [-0.15, -0.1) is 0 Å². The number of nitrogens with two attached hydrogens (primary N) is 1. The van der Waals surface area contributed by atoms with Crippen LogP contribution in [0.5, 0.6) is 0 Å². The van der Waals surface area contributed by atoms with Crippen LogP contribution in [-0.2, 0) is 4.79 Å². The first-order valence-corrected chi connectivity index (χ1v) is 4.34. The van der Waals surface area contributed by atoms with Crippen LogP contribution in [0.3, 0.4) is 0 Å². The van der Waals surface area contributed by atoms with Crippen LogP contribution in [0.4, 0.5) is 0 Å². The lowest BCUT2D eigenvalue weighted by molar-refractivity contribution is -0.421. The third-order valence-corrected chi connectivity index (χ3v) is 2.61. The van der Waals surface area contributed by atoms with Crippen molar-refractivity contribution in [2.24, 2.45) is 11.1 Å². The summed E-state index contributed by atoms with van der Waals surface area (Å²) in [5.74, 6) is -1.30. The van der Waals surface area contributed by atoms with Gasteiger partial charge in [-0.1, -0.05) is 19.9 Å². The third-order valence-electron chi connectivity index (χ3n) is 2.61. The molecular weight excluding hydrogens is 200 g/mol. The van der Waals surface area contributed by atoms with Crippen molar-refractivity contribution >= 4 is 5.97 Å². The van der Waals surface area contributed by atoms with E-state index in [2.05, 4.69) is 0 Å². The van der Waals surface area contributed by atoms with Gasteiger partial charge in [0.2, 0.25) is 0 Å². The smallest absolute Gasteiger partial charge is 0.339 e. The molecule has 1 unspecified atom stereocenters. The Bertz CT molecular complexity index is 382. The van der Waals surface area contributed by atoms with Crippen molar-refractivity contribution < 1.29 is 14.8 Å². The van der Waals surface area contributed by atoms with Gasteiger partial charge in [-0.3, -0.25) is 10.1 Å². The lowest BCUT2D eigenvalue weighted by Gasteiger charge is -2.31. The number of rotatable bonds is 2. The van der Waals surface area contributed by atoms with E-state index >= 15 is 0 Å². The summed E-state index contributed by atoms with van der Waals surface area (Å²) in [7, 11) is 0. The van der Waals surface area contributed by atoms with Crippen LogP contribution < -0.4 is 5.73 Å². The summed E-state index contributed by atoms with van der Waals surface area (Å²) in [4.78, 5) is 20.9. The standard InChI is InChI=1S/C9H12N2O4/c1-9(2)6(10)4-3-5(11(14)15)7(9)8(12)13/h3-4,6H,10H2,1-2H3,(H,12,13). The Morgan fingerprint density at radius 3 is 2.60 bits per heavy atom. The Labute approximate surface area is 86.2 Å². The number of allylic oxidation sites excluding steroid dienone is 1. The molecule has 0 saturated heterocycles. The number of carbonyl (C=O) groups is 1. The summed E-state index contributed by atoms with van der Waals surface area (Å²) in [6.45, 7) is 3.16. The van der Waals surface area contributed by atoms with Crippen LogP contribution >= 0.6 is 0 Å². The second-order valence-electron chi connectivity index (χ2n) is 3.93. The van der Waals surface area contributed by atoms with Crippen LogP contribution in [0.25, 0.3) is 0 Å². The summed E-state index contributed by atoms with van der Waals surface area (Å²) in [5.41, 5.74) is 4.11. The first-order chi connectivity index (χ1) is 6.78. The lowest BCUT2D eigenvalue weighted by Crippen LogP contribution is -2.42. The zero-order chi connectivity index (χ0) is 11.8. The van der Waals surface area contributed by atoms with E-state index in [-0.39, 0.29) is 5.57 Å². The molecule has 0 aromatic rings. The summed E-state index contributed by atoms with van der Waals surface area (Å²) < 4.78 is 0. The summed E-state index contributed by atoms with van der Waals surface area (Å²) in [5, 5.41) is 19.6. The first kappa shape index (κ1) is 11.4. The number of aliphatic carboxylic acids is 1. The highest BCUT2D eigenvalue weighted by atomic mass is 16.6. The van der Waals surface area contributed by atoms with Gasteiger partial charge in [0.25, 0.3) is 5.70 Å². The molecule has 1 rings (SSSR count). The number of nitro groups is 1. The average Bonchev–Trinajstić information content (AvgIpc) is 2.07. The average molecular weight is 212 g/mol. The van der Waals surface area contributed by atoms with Gasteiger partial charge < -0.3 is 10.8 Å². The largest absolute Gasteiger partial charge is 0.478 e. The predicted octanol–water partition coefficient (Wildman–Crippen LogP) is 0.525. The Hall–Kier alpha value is -1.69. The maximum absolute atomic E-state index is 11.0. The van der Waals surface area contributed by atoms with Crippen molar-refractivity contribution in [2.45, 2.75) is 19.9 Å². The molecular formula is C9H12N2O4. The SMILES string of the molecule is CC1(C)C(C(=O)O)=C([N+](=O)[O-])C=CC1N. The van der Waals surface area contributed by atoms with Crippen LogP contribution in [-0.4, -0.2) is 22.0 Å². The van der Waals surface area contributed by atoms with E-state index < -0.39 is 28.0 Å². The molecule has 1 atom stereocenters. The van der Waals surface area contributed by atoms with Crippen LogP contribution in [0.2, 0.25) is 0 Å². The highest BCUT2D eigenvalue weighted by molar-refractivity contribution is 5.89. The molecule has 0 bridgehead atoms. The van der Waals surface area contributed by atoms with E-state index in [1.165, 1.54) is 6.08 Å². The van der Waals surface area contributed by atoms with Crippen molar-refractivity contribution in [3.05, 3.63) is 33.5 Å². The highest BCUT2D eigenvalue weighted by Crippen LogP contribution is 2.36. The maximum atomic E-state index is 11.0. The van der Waals surface area contributed by atoms with Crippen molar-refractivity contribution in [3.8, 4) is 0 Å². The molecule has 0 fully saturated rings. The third kappa shape index (κ3) is 1.75. The topological polar surface area (TPSA) is 106 Å². The molecule has 82 valence electrons. The normalized spacial score (nSPS) is 24.1. The molecule has 0 amide bonds. The number of carboxylic acid groups (broad SMARTS) is 1. The van der Waals surface area contributed by atoms with E-state index in [9.17, 15) is 14.9 Å². The minimum Gasteiger partial charge on any atom is -0.478 e. The highest BCUT2D eigenvalue weighted by Gasteiger charge is 2.42. The van der Waals surface area contributed by atoms with Gasteiger partial charge in [-0.05, 0) is 0 Å². The van der Waals surface area contributed by atoms with Crippen LogP contribution in [0.15, 0.2) is 23.4 Å². The Morgan fingerprint density at radius 1 is 1.67 bits per heavy atom. The fourth-order valence-electron chi connectivity index (χ4n) is 1.55. The molecule has 1 aliphatic carbocycles. The number of nitrogens with zero attached hydrogens (tertiary/aromatic N) is 1. The van der Waals surface area contributed by atoms with Crippen molar-refractivity contribution in [1.29, 1.82) is 0 Å². The van der Waals surface area contributed by atoms with E-state index in [0.29, 0.717) is 0 Å². The quantitative estimate of drug-likeness (QED) is 0.512. The van der Waals surface area contributed by atoms with E-state index in [1.54, 1.807) is 13.8 Å². The van der Waals surface area contributed by atoms with E-state index in [0.717, 1.165) is 6.08 Å². The van der Waals surface area contributed by atoms with Gasteiger partial charge in [0.1, 0.15) is 5.57 Å². The van der Waals surface area contributed by atoms with Gasteiger partial charge >= 0.3 is 5.97 Å². The lowest BCUT2D eigenvalue weighted by atomic mass is 9.74. The summed E-state index contributed by atoms with van der Waals surface area (Å²) in [6, 6.07) is -0.535. The Morgan fingerprint density at radius 2 is 2.20 bits per heavy atom. The molecule has 0 heterocycles. The molecule has 0 radical (unpaired) electrons. The molecule has 1 aliphatic rings. The second-order valence-corrected chi connectivity index (χ2v) is 3.93. The number of hydrogen-bond donors (Lipinski definition) is 2. The van der Waals surface area contributed by atoms with E-state index in [1.807, 2.05) is 0 Å². The second kappa shape index (κ2) is 3.47. The van der Waals surface area contributed by atoms with Crippen molar-refractivity contribution in [3.63, 3.8) is 0 Å². The molecule has 6 heteroatoms. The fourth-order valence-corrected chi connectivity index (χ4v) is 1.55. The minimum atomic E-state index is -1.30. The maximum Gasteiger partial charge on any atom is 0.339 e. The summed E-state index contributed by atoms with van der Waals surface area (Å²) in [6.07, 6.45) is 2.60. The fraction of sp³-hybridized carbons (Fsp3) is 0.444. The van der Waals surface area contributed by atoms with Gasteiger partial charge in [0.15, 0.2) is 0 Å². The van der Waals surface area contributed by atoms with E-state index in [4.69, 9.17) is 10.8 Å². The molecule has 0 aliphatic heterocycles. The monoisotopic (exact) mass is 212 g/mol. The van der Waals surface area contributed by atoms with Gasteiger partial charge in [-0.2, -0.15) is 0 Å². The molecule has 15 heavy (non-hydrogen) atoms. The van der Waals surface area contributed by atoms with Crippen molar-refractivity contribution in [1.82, 2.24) is 0 Å². The van der Waals surface area contributed by atoms with Crippen LogP contribution in [0, 0.1) is 15.5 Å². The summed E-state index contributed by atoms with van der Waals surface area (Å²) >= 11 is 0. The zero-order valence-corrected chi connectivity index (χ0v) is 8.43. The number of hydrogen-bond acceptors (Lipinski definition) is 4. The molecule has 0 aromatic carbocycles.